The second-order valence-corrected chi connectivity index (χ2v) is 13.2. The zero-order valence-electron chi connectivity index (χ0n) is 19.4. The number of rotatable bonds is 5. The smallest absolute Gasteiger partial charge is 0.166 e. The monoisotopic (exact) mass is 528 g/mol. The van der Waals surface area contributed by atoms with Gasteiger partial charge in [-0.2, -0.15) is 0 Å². The van der Waals surface area contributed by atoms with E-state index in [-0.39, 0.29) is 0 Å². The lowest BCUT2D eigenvalue weighted by Gasteiger charge is -2.40. The van der Waals surface area contributed by atoms with Crippen molar-refractivity contribution in [1.82, 2.24) is 14.3 Å². The molecule has 8 heteroatoms. The summed E-state index contributed by atoms with van der Waals surface area (Å²) in [6, 6.07) is 18.1. The molecular formula is C26H32N4S4. The second kappa shape index (κ2) is 12.2. The molecule has 0 saturated heterocycles. The SMILES string of the molecule is NSc1nc2ccccc2s1.c1ccc2sc(SN(C3CCCCC3)C3CCCCC3)nc2c1. The summed E-state index contributed by atoms with van der Waals surface area (Å²) in [6.07, 6.45) is 14.0. The Morgan fingerprint density at radius 1 is 0.676 bits per heavy atom. The minimum absolute atomic E-state index is 0.767. The van der Waals surface area contributed by atoms with Crippen LogP contribution in [0.15, 0.2) is 57.2 Å². The summed E-state index contributed by atoms with van der Waals surface area (Å²) < 4.78 is 7.45. The summed E-state index contributed by atoms with van der Waals surface area (Å²) in [5.74, 6) is 0. The maximum absolute atomic E-state index is 5.38. The van der Waals surface area contributed by atoms with E-state index in [0.717, 1.165) is 27.5 Å². The predicted molar refractivity (Wildman–Crippen MR) is 151 cm³/mol. The van der Waals surface area contributed by atoms with E-state index in [1.807, 2.05) is 47.6 Å². The van der Waals surface area contributed by atoms with E-state index in [2.05, 4.69) is 33.6 Å². The van der Waals surface area contributed by atoms with Gasteiger partial charge in [0.1, 0.15) is 0 Å². The lowest BCUT2D eigenvalue weighted by atomic mass is 9.91. The standard InChI is InChI=1S/C19H26N2S2.C7H6N2S2/c1-3-9-15(10-4-1)21(16-11-5-2-6-12-16)23-19-20-17-13-7-8-14-18(17)22-19;8-11-7-9-5-3-1-2-4-6(5)10-7/h7-8,13-16H,1-6,9-12H2;1-4H,8H2. The van der Waals surface area contributed by atoms with E-state index in [1.165, 1.54) is 89.9 Å². The summed E-state index contributed by atoms with van der Waals surface area (Å²) in [7, 11) is 0. The average molecular weight is 529 g/mol. The Balaban J connectivity index is 0.000000183. The van der Waals surface area contributed by atoms with Crippen LogP contribution in [0.5, 0.6) is 0 Å². The van der Waals surface area contributed by atoms with Crippen LogP contribution in [0.1, 0.15) is 64.2 Å². The molecule has 0 radical (unpaired) electrons. The molecule has 0 atom stereocenters. The molecule has 2 saturated carbocycles. The van der Waals surface area contributed by atoms with E-state index in [0.29, 0.717) is 0 Å². The molecule has 4 nitrogen and oxygen atoms in total. The van der Waals surface area contributed by atoms with Gasteiger partial charge in [0.25, 0.3) is 0 Å². The van der Waals surface area contributed by atoms with E-state index in [4.69, 9.17) is 10.1 Å². The topological polar surface area (TPSA) is 55.0 Å². The average Bonchev–Trinajstić information content (AvgIpc) is 3.52. The molecule has 6 rings (SSSR count). The first kappa shape index (κ1) is 24.5. The van der Waals surface area contributed by atoms with Crippen LogP contribution in [0.4, 0.5) is 0 Å². The summed E-state index contributed by atoms with van der Waals surface area (Å²) in [5, 5.41) is 5.38. The number of hydrogen-bond donors (Lipinski definition) is 1. The summed E-state index contributed by atoms with van der Waals surface area (Å²) in [5.41, 5.74) is 2.19. The van der Waals surface area contributed by atoms with Crippen molar-refractivity contribution in [3.05, 3.63) is 48.5 Å². The van der Waals surface area contributed by atoms with Crippen molar-refractivity contribution in [2.24, 2.45) is 5.14 Å². The van der Waals surface area contributed by atoms with Crippen LogP contribution in [0.2, 0.25) is 0 Å². The molecule has 0 bridgehead atoms. The number of fused-ring (bicyclic) bond motifs is 2. The van der Waals surface area contributed by atoms with Crippen LogP contribution in [0.25, 0.3) is 20.4 Å². The first-order chi connectivity index (χ1) is 16.8. The number of nitrogens with two attached hydrogens (primary N) is 1. The molecular weight excluding hydrogens is 497 g/mol. The number of para-hydroxylation sites is 2. The normalized spacial score (nSPS) is 17.8. The number of hydrogen-bond acceptors (Lipinski definition) is 8. The number of benzene rings is 2. The Morgan fingerprint density at radius 3 is 1.65 bits per heavy atom. The Hall–Kier alpha value is -1.16. The number of thiazole rings is 2. The van der Waals surface area contributed by atoms with Gasteiger partial charge in [-0.1, -0.05) is 62.8 Å². The van der Waals surface area contributed by atoms with E-state index >= 15 is 0 Å². The third-order valence-corrected chi connectivity index (χ3v) is 10.7. The molecule has 0 amide bonds. The molecule has 2 aliphatic carbocycles. The highest BCUT2D eigenvalue weighted by atomic mass is 32.2. The van der Waals surface area contributed by atoms with Crippen LogP contribution in [0, 0.1) is 0 Å². The fourth-order valence-electron chi connectivity index (χ4n) is 5.00. The minimum atomic E-state index is 0.767. The van der Waals surface area contributed by atoms with Crippen molar-refractivity contribution in [2.45, 2.75) is 85.0 Å². The van der Waals surface area contributed by atoms with Gasteiger partial charge in [-0.05, 0) is 73.8 Å². The van der Waals surface area contributed by atoms with Crippen molar-refractivity contribution < 1.29 is 0 Å². The van der Waals surface area contributed by atoms with Crippen LogP contribution in [0.3, 0.4) is 0 Å². The van der Waals surface area contributed by atoms with Gasteiger partial charge in [-0.15, -0.1) is 22.7 Å². The molecule has 0 aliphatic heterocycles. The lowest BCUT2D eigenvalue weighted by molar-refractivity contribution is 0.185. The highest BCUT2D eigenvalue weighted by Crippen LogP contribution is 2.40. The third kappa shape index (κ3) is 6.15. The first-order valence-corrected chi connectivity index (χ1v) is 15.6. The van der Waals surface area contributed by atoms with Gasteiger partial charge in [-0.3, -0.25) is 5.14 Å². The molecule has 4 aromatic rings. The fourth-order valence-corrected chi connectivity index (χ4v) is 8.72. The van der Waals surface area contributed by atoms with Gasteiger partial charge >= 0.3 is 0 Å². The lowest BCUT2D eigenvalue weighted by Crippen LogP contribution is -2.40. The van der Waals surface area contributed by atoms with Crippen molar-refractivity contribution in [3.8, 4) is 0 Å². The van der Waals surface area contributed by atoms with Gasteiger partial charge in [0.2, 0.25) is 0 Å². The van der Waals surface area contributed by atoms with Crippen LogP contribution in [-0.2, 0) is 0 Å². The summed E-state index contributed by atoms with van der Waals surface area (Å²) in [4.78, 5) is 9.17. The van der Waals surface area contributed by atoms with Gasteiger partial charge in [-0.25, -0.2) is 14.3 Å². The predicted octanol–water partition coefficient (Wildman–Crippen LogP) is 8.53. The van der Waals surface area contributed by atoms with E-state index in [9.17, 15) is 0 Å². The van der Waals surface area contributed by atoms with Gasteiger partial charge in [0.15, 0.2) is 8.68 Å². The quantitative estimate of drug-likeness (QED) is 0.262. The van der Waals surface area contributed by atoms with Gasteiger partial charge in [0.05, 0.1) is 20.4 Å². The highest BCUT2D eigenvalue weighted by Gasteiger charge is 2.30. The molecule has 2 N–H and O–H groups in total. The van der Waals surface area contributed by atoms with Crippen molar-refractivity contribution >= 4 is 67.0 Å². The molecule has 2 aliphatic rings. The summed E-state index contributed by atoms with van der Waals surface area (Å²) >= 11 is 6.66. The molecule has 2 aromatic carbocycles. The molecule has 180 valence electrons. The van der Waals surface area contributed by atoms with Crippen LogP contribution >= 0.6 is 46.6 Å². The van der Waals surface area contributed by atoms with E-state index in [1.54, 1.807) is 11.3 Å². The van der Waals surface area contributed by atoms with Gasteiger partial charge < -0.3 is 0 Å². The molecule has 2 aromatic heterocycles. The second-order valence-electron chi connectivity index (χ2n) is 9.05. The largest absolute Gasteiger partial charge is 0.272 e. The Kier molecular flexibility index (Phi) is 8.80. The molecule has 2 fully saturated rings. The molecule has 2 heterocycles. The Morgan fingerprint density at radius 2 is 1.15 bits per heavy atom. The maximum atomic E-state index is 5.38. The zero-order chi connectivity index (χ0) is 23.2. The Bertz CT molecular complexity index is 1090. The highest BCUT2D eigenvalue weighted by molar-refractivity contribution is 7.99. The third-order valence-electron chi connectivity index (χ3n) is 6.70. The van der Waals surface area contributed by atoms with E-state index < -0.39 is 0 Å². The van der Waals surface area contributed by atoms with Crippen molar-refractivity contribution in [2.75, 3.05) is 0 Å². The molecule has 0 spiro atoms. The fraction of sp³-hybridized carbons (Fsp3) is 0.462. The zero-order valence-corrected chi connectivity index (χ0v) is 22.7. The maximum Gasteiger partial charge on any atom is 0.166 e. The van der Waals surface area contributed by atoms with Crippen molar-refractivity contribution in [1.29, 1.82) is 0 Å². The van der Waals surface area contributed by atoms with Crippen LogP contribution in [-0.4, -0.2) is 26.4 Å². The summed E-state index contributed by atoms with van der Waals surface area (Å²) in [6.45, 7) is 0. The van der Waals surface area contributed by atoms with Crippen molar-refractivity contribution in [3.63, 3.8) is 0 Å². The molecule has 0 unspecified atom stereocenters. The minimum Gasteiger partial charge on any atom is -0.272 e. The van der Waals surface area contributed by atoms with Crippen LogP contribution < -0.4 is 5.14 Å². The van der Waals surface area contributed by atoms with Gasteiger partial charge in [0, 0.05) is 12.1 Å². The molecule has 34 heavy (non-hydrogen) atoms. The first-order valence-electron chi connectivity index (χ1n) is 12.3. The number of nitrogens with zero attached hydrogens (tertiary/aromatic N) is 3. The Labute approximate surface area is 219 Å². The number of aromatic nitrogens is 2.